The fourth-order valence-corrected chi connectivity index (χ4v) is 1.89. The largest absolute Gasteiger partial charge is 0.329 e. The smallest absolute Gasteiger partial charge is 0.324 e. The first-order valence-corrected chi connectivity index (χ1v) is 8.19. The van der Waals surface area contributed by atoms with Crippen LogP contribution in [-0.4, -0.2) is 15.9 Å². The highest BCUT2D eigenvalue weighted by Crippen LogP contribution is 2.34. The van der Waals surface area contributed by atoms with E-state index in [0.29, 0.717) is 0 Å². The lowest BCUT2D eigenvalue weighted by molar-refractivity contribution is 0.377. The zero-order valence-corrected chi connectivity index (χ0v) is 13.2. The second-order valence-electron chi connectivity index (χ2n) is 4.99. The highest BCUT2D eigenvalue weighted by molar-refractivity contribution is 7.51. The summed E-state index contributed by atoms with van der Waals surface area (Å²) in [4.78, 5) is 17.5. The predicted octanol–water partition coefficient (Wildman–Crippen LogP) is 4.36. The minimum atomic E-state index is -3.93. The first kappa shape index (κ1) is 18.1. The van der Waals surface area contributed by atoms with Crippen molar-refractivity contribution in [1.29, 1.82) is 0 Å². The zero-order chi connectivity index (χ0) is 14.9. The van der Waals surface area contributed by atoms with Gasteiger partial charge in [0.1, 0.15) is 0 Å². The second-order valence-corrected chi connectivity index (χ2v) is 6.68. The van der Waals surface area contributed by atoms with Crippen LogP contribution in [0.4, 0.5) is 0 Å². The van der Waals surface area contributed by atoms with E-state index in [1.807, 2.05) is 25.2 Å². The summed E-state index contributed by atoms with van der Waals surface area (Å²) in [5, 5.41) is 0. The van der Waals surface area contributed by atoms with E-state index in [0.717, 1.165) is 18.4 Å². The number of hydrogen-bond donors (Lipinski definition) is 2. The molecule has 0 aromatic heterocycles. The summed E-state index contributed by atoms with van der Waals surface area (Å²) in [6.07, 6.45) is 11.5. The molecular formula is C15H25O3P. The predicted molar refractivity (Wildman–Crippen MR) is 82.2 cm³/mol. The molecule has 0 bridgehead atoms. The van der Waals surface area contributed by atoms with Crippen LogP contribution in [0, 0.1) is 0 Å². The molecule has 19 heavy (non-hydrogen) atoms. The van der Waals surface area contributed by atoms with Gasteiger partial charge < -0.3 is 9.79 Å². The first-order chi connectivity index (χ1) is 8.70. The molecule has 3 nitrogen and oxygen atoms in total. The van der Waals surface area contributed by atoms with Crippen molar-refractivity contribution in [3.05, 3.63) is 47.1 Å². The molecule has 0 rings (SSSR count). The van der Waals surface area contributed by atoms with Gasteiger partial charge in [-0.25, -0.2) is 0 Å². The molecule has 0 amide bonds. The van der Waals surface area contributed by atoms with Gasteiger partial charge in [0.05, 0.1) is 6.16 Å². The van der Waals surface area contributed by atoms with Crippen molar-refractivity contribution >= 4 is 7.60 Å². The lowest BCUT2D eigenvalue weighted by Crippen LogP contribution is -1.83. The Morgan fingerprint density at radius 1 is 1.11 bits per heavy atom. The summed E-state index contributed by atoms with van der Waals surface area (Å²) in [5.41, 5.74) is 3.48. The third-order valence-corrected chi connectivity index (χ3v) is 3.14. The number of rotatable bonds is 7. The van der Waals surface area contributed by atoms with Crippen molar-refractivity contribution in [3.8, 4) is 0 Å². The maximum absolute atomic E-state index is 10.7. The fourth-order valence-electron chi connectivity index (χ4n) is 1.37. The van der Waals surface area contributed by atoms with Crippen LogP contribution in [0.15, 0.2) is 47.1 Å². The van der Waals surface area contributed by atoms with Crippen molar-refractivity contribution in [2.75, 3.05) is 6.16 Å². The Hall–Kier alpha value is -0.890. The number of allylic oxidation sites excluding steroid dienone is 8. The van der Waals surface area contributed by atoms with Crippen molar-refractivity contribution < 1.29 is 14.4 Å². The van der Waals surface area contributed by atoms with Crippen LogP contribution in [0.3, 0.4) is 0 Å². The van der Waals surface area contributed by atoms with Gasteiger partial charge in [-0.2, -0.15) is 0 Å². The average molecular weight is 284 g/mol. The summed E-state index contributed by atoms with van der Waals surface area (Å²) in [5.74, 6) is 0. The Balaban J connectivity index is 4.25. The molecule has 0 aliphatic rings. The lowest BCUT2D eigenvalue weighted by atomic mass is 10.1. The van der Waals surface area contributed by atoms with Gasteiger partial charge in [-0.1, -0.05) is 47.1 Å². The molecule has 0 fully saturated rings. The maximum atomic E-state index is 10.7. The topological polar surface area (TPSA) is 57.5 Å². The van der Waals surface area contributed by atoms with E-state index in [9.17, 15) is 4.57 Å². The van der Waals surface area contributed by atoms with Crippen LogP contribution in [0.1, 0.15) is 40.5 Å². The summed E-state index contributed by atoms with van der Waals surface area (Å²) in [7, 11) is -3.93. The molecule has 0 atom stereocenters. The Bertz CT molecular complexity index is 432. The van der Waals surface area contributed by atoms with Gasteiger partial charge in [0.25, 0.3) is 0 Å². The Morgan fingerprint density at radius 3 is 2.26 bits per heavy atom. The van der Waals surface area contributed by atoms with Gasteiger partial charge in [-0.3, -0.25) is 4.57 Å². The Kier molecular flexibility index (Phi) is 8.66. The molecule has 108 valence electrons. The molecular weight excluding hydrogens is 259 g/mol. The average Bonchev–Trinajstić information content (AvgIpc) is 2.25. The van der Waals surface area contributed by atoms with Crippen LogP contribution in [0.25, 0.3) is 0 Å². The van der Waals surface area contributed by atoms with Gasteiger partial charge in [0, 0.05) is 0 Å². The Morgan fingerprint density at radius 2 is 1.74 bits per heavy atom. The third kappa shape index (κ3) is 13.3. The molecule has 2 N–H and O–H groups in total. The van der Waals surface area contributed by atoms with Crippen molar-refractivity contribution in [2.24, 2.45) is 0 Å². The number of hydrogen-bond acceptors (Lipinski definition) is 1. The van der Waals surface area contributed by atoms with Gasteiger partial charge in [0.15, 0.2) is 0 Å². The van der Waals surface area contributed by atoms with Crippen molar-refractivity contribution in [1.82, 2.24) is 0 Å². The van der Waals surface area contributed by atoms with Crippen LogP contribution in [-0.2, 0) is 4.57 Å². The quantitative estimate of drug-likeness (QED) is 0.415. The van der Waals surface area contributed by atoms with Crippen molar-refractivity contribution in [2.45, 2.75) is 40.5 Å². The molecule has 0 radical (unpaired) electrons. The van der Waals surface area contributed by atoms with Gasteiger partial charge in [-0.05, 0) is 40.5 Å². The van der Waals surface area contributed by atoms with Crippen molar-refractivity contribution in [3.63, 3.8) is 0 Å². The Labute approximate surface area is 116 Å². The van der Waals surface area contributed by atoms with E-state index in [1.54, 1.807) is 6.08 Å². The lowest BCUT2D eigenvalue weighted by Gasteiger charge is -1.99. The summed E-state index contributed by atoms with van der Waals surface area (Å²) < 4.78 is 10.7. The van der Waals surface area contributed by atoms with E-state index >= 15 is 0 Å². The van der Waals surface area contributed by atoms with E-state index in [-0.39, 0.29) is 6.16 Å². The highest BCUT2D eigenvalue weighted by atomic mass is 31.2. The van der Waals surface area contributed by atoms with Crippen LogP contribution < -0.4 is 0 Å². The molecule has 0 unspecified atom stereocenters. The molecule has 0 saturated heterocycles. The monoisotopic (exact) mass is 284 g/mol. The van der Waals surface area contributed by atoms with Gasteiger partial charge >= 0.3 is 7.60 Å². The van der Waals surface area contributed by atoms with E-state index in [4.69, 9.17) is 9.79 Å². The van der Waals surface area contributed by atoms with Gasteiger partial charge in [0.2, 0.25) is 0 Å². The first-order valence-electron chi connectivity index (χ1n) is 6.39. The molecule has 0 spiro atoms. The normalized spacial score (nSPS) is 14.0. The third-order valence-electron chi connectivity index (χ3n) is 2.48. The zero-order valence-electron chi connectivity index (χ0n) is 12.3. The van der Waals surface area contributed by atoms with Crippen LogP contribution >= 0.6 is 7.60 Å². The molecule has 4 heteroatoms. The molecule has 0 aromatic rings. The molecule has 0 aromatic carbocycles. The maximum Gasteiger partial charge on any atom is 0.329 e. The van der Waals surface area contributed by atoms with Crippen LogP contribution in [0.2, 0.25) is 0 Å². The van der Waals surface area contributed by atoms with Gasteiger partial charge in [-0.15, -0.1) is 0 Å². The molecule has 0 aliphatic heterocycles. The SMILES string of the molecule is CC(C)=CCC/C(C)=C/C=C/C(C)=C/CP(=O)(O)O. The molecule has 0 heterocycles. The molecule has 0 aliphatic carbocycles. The minimum Gasteiger partial charge on any atom is -0.324 e. The minimum absolute atomic E-state index is 0.202. The second kappa shape index (κ2) is 9.08. The summed E-state index contributed by atoms with van der Waals surface area (Å²) >= 11 is 0. The summed E-state index contributed by atoms with van der Waals surface area (Å²) in [6.45, 7) is 8.10. The van der Waals surface area contributed by atoms with E-state index in [1.165, 1.54) is 11.1 Å². The summed E-state index contributed by atoms with van der Waals surface area (Å²) in [6, 6.07) is 0. The standard InChI is InChI=1S/C15H25O3P/c1-13(2)7-5-8-14(3)9-6-10-15(4)11-12-19(16,17)18/h6-7,9-11H,5,8,12H2,1-4H3,(H2,16,17,18)/b10-6+,14-9+,15-11+. The van der Waals surface area contributed by atoms with E-state index < -0.39 is 7.60 Å². The molecule has 0 saturated carbocycles. The fraction of sp³-hybridized carbons (Fsp3) is 0.467. The highest BCUT2D eigenvalue weighted by Gasteiger charge is 2.08. The van der Waals surface area contributed by atoms with E-state index in [2.05, 4.69) is 26.8 Å². The van der Waals surface area contributed by atoms with Crippen LogP contribution in [0.5, 0.6) is 0 Å².